The lowest BCUT2D eigenvalue weighted by Crippen LogP contribution is -2.37. The van der Waals surface area contributed by atoms with Crippen LogP contribution in [0.1, 0.15) is 25.7 Å². The lowest BCUT2D eigenvalue weighted by molar-refractivity contribution is -0.122. The van der Waals surface area contributed by atoms with Crippen molar-refractivity contribution in [3.63, 3.8) is 0 Å². The number of aromatic nitrogens is 3. The molecule has 0 saturated heterocycles. The second kappa shape index (κ2) is 7.98. The SMILES string of the molecule is O=C(Cn1cc(-c2nc(-c3ccc(Cl)cc3)no2)ccc1=O)NC1CCCC1. The van der Waals surface area contributed by atoms with Gasteiger partial charge >= 0.3 is 0 Å². The fourth-order valence-corrected chi connectivity index (χ4v) is 3.46. The second-order valence-corrected chi connectivity index (χ2v) is 7.30. The Balaban J connectivity index is 1.52. The number of hydrogen-bond acceptors (Lipinski definition) is 5. The van der Waals surface area contributed by atoms with Crippen LogP contribution in [0.4, 0.5) is 0 Å². The van der Waals surface area contributed by atoms with Crippen LogP contribution in [-0.2, 0) is 11.3 Å². The Morgan fingerprint density at radius 1 is 1.14 bits per heavy atom. The standard InChI is InChI=1S/C20H19ClN4O3/c21-15-8-5-13(6-9-15)19-23-20(28-24-19)14-7-10-18(27)25(11-14)12-17(26)22-16-3-1-2-4-16/h5-11,16H,1-4,12H2,(H,22,26). The highest BCUT2D eigenvalue weighted by Gasteiger charge is 2.18. The van der Waals surface area contributed by atoms with Gasteiger partial charge in [0.25, 0.3) is 11.4 Å². The molecule has 4 rings (SSSR count). The molecule has 1 aromatic carbocycles. The van der Waals surface area contributed by atoms with Crippen molar-refractivity contribution in [2.75, 3.05) is 0 Å². The van der Waals surface area contributed by atoms with Crippen LogP contribution in [0, 0.1) is 0 Å². The third kappa shape index (κ3) is 4.14. The normalized spacial score (nSPS) is 14.3. The molecule has 144 valence electrons. The van der Waals surface area contributed by atoms with Crippen LogP contribution >= 0.6 is 11.6 Å². The monoisotopic (exact) mass is 398 g/mol. The van der Waals surface area contributed by atoms with Crippen molar-refractivity contribution in [1.82, 2.24) is 20.0 Å². The maximum absolute atomic E-state index is 12.3. The largest absolute Gasteiger partial charge is 0.352 e. The topological polar surface area (TPSA) is 90.0 Å². The highest BCUT2D eigenvalue weighted by Crippen LogP contribution is 2.23. The Hall–Kier alpha value is -2.93. The minimum Gasteiger partial charge on any atom is -0.352 e. The van der Waals surface area contributed by atoms with Crippen molar-refractivity contribution in [1.29, 1.82) is 0 Å². The molecule has 3 aromatic rings. The molecule has 1 saturated carbocycles. The molecule has 0 radical (unpaired) electrons. The van der Waals surface area contributed by atoms with Gasteiger partial charge in [0.1, 0.15) is 6.54 Å². The highest BCUT2D eigenvalue weighted by molar-refractivity contribution is 6.30. The number of pyridine rings is 1. The number of nitrogens with one attached hydrogen (secondary N) is 1. The molecule has 2 aromatic heterocycles. The van der Waals surface area contributed by atoms with Crippen LogP contribution in [0.3, 0.4) is 0 Å². The van der Waals surface area contributed by atoms with Gasteiger partial charge in [-0.05, 0) is 43.2 Å². The zero-order chi connectivity index (χ0) is 19.5. The van der Waals surface area contributed by atoms with E-state index in [4.69, 9.17) is 16.1 Å². The average Bonchev–Trinajstić information content (AvgIpc) is 3.36. The van der Waals surface area contributed by atoms with Gasteiger partial charge in [-0.3, -0.25) is 9.59 Å². The van der Waals surface area contributed by atoms with E-state index in [0.717, 1.165) is 31.2 Å². The quantitative estimate of drug-likeness (QED) is 0.712. The van der Waals surface area contributed by atoms with Crippen molar-refractivity contribution in [2.24, 2.45) is 0 Å². The maximum atomic E-state index is 12.3. The summed E-state index contributed by atoms with van der Waals surface area (Å²) in [7, 11) is 0. The van der Waals surface area contributed by atoms with E-state index in [1.165, 1.54) is 10.6 Å². The number of hydrogen-bond donors (Lipinski definition) is 1. The third-order valence-corrected chi connectivity index (χ3v) is 5.05. The van der Waals surface area contributed by atoms with Crippen LogP contribution in [0.15, 0.2) is 51.9 Å². The highest BCUT2D eigenvalue weighted by atomic mass is 35.5. The second-order valence-electron chi connectivity index (χ2n) is 6.86. The number of benzene rings is 1. The lowest BCUT2D eigenvalue weighted by Gasteiger charge is -2.13. The number of carbonyl (C=O) groups is 1. The van der Waals surface area contributed by atoms with E-state index in [0.29, 0.717) is 16.4 Å². The van der Waals surface area contributed by atoms with E-state index in [1.807, 2.05) is 0 Å². The van der Waals surface area contributed by atoms with E-state index in [2.05, 4.69) is 15.5 Å². The number of carbonyl (C=O) groups excluding carboxylic acids is 1. The van der Waals surface area contributed by atoms with E-state index < -0.39 is 0 Å². The molecule has 1 aliphatic rings. The number of nitrogens with zero attached hydrogens (tertiary/aromatic N) is 3. The van der Waals surface area contributed by atoms with Gasteiger partial charge in [0, 0.05) is 28.9 Å². The molecule has 1 aliphatic carbocycles. The van der Waals surface area contributed by atoms with Crippen LogP contribution in [0.5, 0.6) is 0 Å². The fraction of sp³-hybridized carbons (Fsp3) is 0.300. The summed E-state index contributed by atoms with van der Waals surface area (Å²) in [5, 5.41) is 7.58. The van der Waals surface area contributed by atoms with E-state index in [1.54, 1.807) is 36.5 Å². The van der Waals surface area contributed by atoms with Crippen molar-refractivity contribution in [3.05, 3.63) is 58.0 Å². The average molecular weight is 399 g/mol. The first kappa shape index (κ1) is 18.4. The lowest BCUT2D eigenvalue weighted by atomic mass is 10.2. The molecule has 0 atom stereocenters. The summed E-state index contributed by atoms with van der Waals surface area (Å²) in [6.45, 7) is -0.0403. The number of halogens is 1. The van der Waals surface area contributed by atoms with E-state index >= 15 is 0 Å². The van der Waals surface area contributed by atoms with Crippen LogP contribution in [0.25, 0.3) is 22.8 Å². The summed E-state index contributed by atoms with van der Waals surface area (Å²) in [4.78, 5) is 28.8. The van der Waals surface area contributed by atoms with Crippen LogP contribution < -0.4 is 10.9 Å². The third-order valence-electron chi connectivity index (χ3n) is 4.79. The molecular formula is C20H19ClN4O3. The molecule has 0 spiro atoms. The van der Waals surface area contributed by atoms with Gasteiger partial charge in [0.05, 0.1) is 5.56 Å². The molecule has 1 amide bonds. The predicted octanol–water partition coefficient (Wildman–Crippen LogP) is 3.28. The Labute approximate surface area is 166 Å². The molecule has 0 bridgehead atoms. The molecule has 1 fully saturated rings. The predicted molar refractivity (Wildman–Crippen MR) is 105 cm³/mol. The van der Waals surface area contributed by atoms with Gasteiger partial charge < -0.3 is 14.4 Å². The summed E-state index contributed by atoms with van der Waals surface area (Å²) < 4.78 is 6.69. The molecule has 1 N–H and O–H groups in total. The number of amides is 1. The van der Waals surface area contributed by atoms with Gasteiger partial charge in [-0.15, -0.1) is 0 Å². The summed E-state index contributed by atoms with van der Waals surface area (Å²) in [6.07, 6.45) is 5.82. The summed E-state index contributed by atoms with van der Waals surface area (Å²) in [5.74, 6) is 0.525. The van der Waals surface area contributed by atoms with Gasteiger partial charge in [-0.2, -0.15) is 4.98 Å². The van der Waals surface area contributed by atoms with Crippen LogP contribution in [-0.4, -0.2) is 26.7 Å². The molecule has 8 heteroatoms. The van der Waals surface area contributed by atoms with Crippen molar-refractivity contribution < 1.29 is 9.32 Å². The first-order valence-corrected chi connectivity index (χ1v) is 9.56. The molecule has 0 unspecified atom stereocenters. The van der Waals surface area contributed by atoms with Gasteiger partial charge in [0.15, 0.2) is 0 Å². The minimum atomic E-state index is -0.261. The molecular weight excluding hydrogens is 380 g/mol. The first-order chi connectivity index (χ1) is 13.6. The maximum Gasteiger partial charge on any atom is 0.259 e. The van der Waals surface area contributed by atoms with Crippen LogP contribution in [0.2, 0.25) is 5.02 Å². The zero-order valence-corrected chi connectivity index (χ0v) is 15.9. The molecule has 7 nitrogen and oxygen atoms in total. The minimum absolute atomic E-state index is 0.0403. The Kier molecular flexibility index (Phi) is 5.25. The summed E-state index contributed by atoms with van der Waals surface area (Å²) in [5.41, 5.74) is 1.08. The van der Waals surface area contributed by atoms with Gasteiger partial charge in [0.2, 0.25) is 11.7 Å². The van der Waals surface area contributed by atoms with Crippen molar-refractivity contribution >= 4 is 17.5 Å². The number of rotatable bonds is 5. The van der Waals surface area contributed by atoms with Gasteiger partial charge in [-0.25, -0.2) is 0 Å². The Morgan fingerprint density at radius 3 is 2.61 bits per heavy atom. The molecule has 0 aliphatic heterocycles. The smallest absolute Gasteiger partial charge is 0.259 e. The van der Waals surface area contributed by atoms with E-state index in [9.17, 15) is 9.59 Å². The fourth-order valence-electron chi connectivity index (χ4n) is 3.34. The molecule has 2 heterocycles. The Morgan fingerprint density at radius 2 is 1.86 bits per heavy atom. The molecule has 28 heavy (non-hydrogen) atoms. The zero-order valence-electron chi connectivity index (χ0n) is 15.1. The first-order valence-electron chi connectivity index (χ1n) is 9.18. The summed E-state index contributed by atoms with van der Waals surface area (Å²) in [6, 6.07) is 10.3. The Bertz CT molecular complexity index is 1040. The van der Waals surface area contributed by atoms with Gasteiger partial charge in [-0.1, -0.05) is 29.6 Å². The van der Waals surface area contributed by atoms with E-state index in [-0.39, 0.29) is 29.9 Å². The van der Waals surface area contributed by atoms with Crippen molar-refractivity contribution in [3.8, 4) is 22.8 Å². The summed E-state index contributed by atoms with van der Waals surface area (Å²) >= 11 is 5.90. The van der Waals surface area contributed by atoms with Crippen molar-refractivity contribution in [2.45, 2.75) is 38.3 Å².